The maximum absolute atomic E-state index is 12.5. The minimum absolute atomic E-state index is 0.0621. The molecule has 0 N–H and O–H groups in total. The molecule has 3 aromatic rings. The second-order valence-electron chi connectivity index (χ2n) is 6.00. The number of rotatable bonds is 6. The second-order valence-corrected chi connectivity index (χ2v) is 7.11. The van der Waals surface area contributed by atoms with Gasteiger partial charge in [-0.05, 0) is 24.8 Å². The van der Waals surface area contributed by atoms with E-state index in [4.69, 9.17) is 4.52 Å². The molecule has 0 amide bonds. The highest BCUT2D eigenvalue weighted by atomic mass is 32.1. The summed E-state index contributed by atoms with van der Waals surface area (Å²) in [5.41, 5.74) is -0.0621. The summed E-state index contributed by atoms with van der Waals surface area (Å²) in [5.74, 6) is 1.73. The van der Waals surface area contributed by atoms with Gasteiger partial charge in [0.15, 0.2) is 5.82 Å². The SMILES string of the molecule is CCc1cc2c(=O)n(Cc3nc(CCC(C)C)no3)cnc2s1. The zero-order chi connectivity index (χ0) is 16.4. The summed E-state index contributed by atoms with van der Waals surface area (Å²) in [6, 6.07) is 1.92. The molecule has 0 fully saturated rings. The van der Waals surface area contributed by atoms with Gasteiger partial charge in [-0.3, -0.25) is 9.36 Å². The Morgan fingerprint density at radius 1 is 1.39 bits per heavy atom. The summed E-state index contributed by atoms with van der Waals surface area (Å²) < 4.78 is 6.77. The lowest BCUT2D eigenvalue weighted by atomic mass is 10.1. The average Bonchev–Trinajstić information content (AvgIpc) is 3.15. The summed E-state index contributed by atoms with van der Waals surface area (Å²) in [4.78, 5) is 23.2. The van der Waals surface area contributed by atoms with Crippen LogP contribution in [0.1, 0.15) is 43.8 Å². The molecule has 0 bridgehead atoms. The summed E-state index contributed by atoms with van der Waals surface area (Å²) in [7, 11) is 0. The molecule has 0 saturated carbocycles. The van der Waals surface area contributed by atoms with Crippen LogP contribution < -0.4 is 5.56 Å². The largest absolute Gasteiger partial charge is 0.337 e. The van der Waals surface area contributed by atoms with E-state index in [9.17, 15) is 4.79 Å². The Kier molecular flexibility index (Phi) is 4.56. The van der Waals surface area contributed by atoms with Crippen LogP contribution in [0.5, 0.6) is 0 Å². The smallest absolute Gasteiger partial charge is 0.262 e. The van der Waals surface area contributed by atoms with E-state index in [0.29, 0.717) is 23.0 Å². The molecule has 3 aromatic heterocycles. The predicted octanol–water partition coefficient (Wildman–Crippen LogP) is 3.04. The molecule has 0 spiro atoms. The van der Waals surface area contributed by atoms with Crippen LogP contribution in [0.25, 0.3) is 10.2 Å². The Hall–Kier alpha value is -2.02. The molecule has 6 nitrogen and oxygen atoms in total. The first-order valence-electron chi connectivity index (χ1n) is 7.86. The van der Waals surface area contributed by atoms with E-state index < -0.39 is 0 Å². The first-order chi connectivity index (χ1) is 11.1. The zero-order valence-corrected chi connectivity index (χ0v) is 14.4. The van der Waals surface area contributed by atoms with Gasteiger partial charge in [-0.2, -0.15) is 4.98 Å². The minimum atomic E-state index is -0.0621. The fourth-order valence-corrected chi connectivity index (χ4v) is 3.24. The van der Waals surface area contributed by atoms with Crippen LogP contribution in [0.2, 0.25) is 0 Å². The summed E-state index contributed by atoms with van der Waals surface area (Å²) in [5, 5.41) is 4.63. The lowest BCUT2D eigenvalue weighted by Crippen LogP contribution is -2.20. The first kappa shape index (κ1) is 15.9. The van der Waals surface area contributed by atoms with Crippen LogP contribution >= 0.6 is 11.3 Å². The number of aromatic nitrogens is 4. The van der Waals surface area contributed by atoms with Crippen LogP contribution in [-0.4, -0.2) is 19.7 Å². The number of fused-ring (bicyclic) bond motifs is 1. The fourth-order valence-electron chi connectivity index (χ4n) is 2.32. The van der Waals surface area contributed by atoms with Gasteiger partial charge in [0, 0.05) is 11.3 Å². The maximum Gasteiger partial charge on any atom is 0.262 e. The van der Waals surface area contributed by atoms with Gasteiger partial charge in [-0.25, -0.2) is 4.98 Å². The van der Waals surface area contributed by atoms with E-state index in [1.165, 1.54) is 4.57 Å². The molecule has 0 aliphatic heterocycles. The van der Waals surface area contributed by atoms with Crippen molar-refractivity contribution in [1.29, 1.82) is 0 Å². The van der Waals surface area contributed by atoms with Gasteiger partial charge in [0.25, 0.3) is 5.56 Å². The second kappa shape index (κ2) is 6.62. The number of hydrogen-bond acceptors (Lipinski definition) is 6. The quantitative estimate of drug-likeness (QED) is 0.693. The topological polar surface area (TPSA) is 73.8 Å². The Balaban J connectivity index is 1.81. The van der Waals surface area contributed by atoms with Gasteiger partial charge >= 0.3 is 0 Å². The van der Waals surface area contributed by atoms with E-state index >= 15 is 0 Å². The zero-order valence-electron chi connectivity index (χ0n) is 13.6. The molecule has 122 valence electrons. The van der Waals surface area contributed by atoms with Gasteiger partial charge < -0.3 is 4.52 Å². The minimum Gasteiger partial charge on any atom is -0.337 e. The highest BCUT2D eigenvalue weighted by Gasteiger charge is 2.12. The molecule has 0 aliphatic carbocycles. The van der Waals surface area contributed by atoms with Crippen LogP contribution in [0.4, 0.5) is 0 Å². The summed E-state index contributed by atoms with van der Waals surface area (Å²) in [6.45, 7) is 6.65. The third-order valence-electron chi connectivity index (χ3n) is 3.68. The normalized spacial score (nSPS) is 11.7. The van der Waals surface area contributed by atoms with Crippen molar-refractivity contribution in [3.05, 3.63) is 39.3 Å². The first-order valence-corrected chi connectivity index (χ1v) is 8.67. The Morgan fingerprint density at radius 2 is 2.22 bits per heavy atom. The van der Waals surface area contributed by atoms with Crippen molar-refractivity contribution >= 4 is 21.6 Å². The molecule has 0 aliphatic rings. The number of nitrogens with zero attached hydrogens (tertiary/aromatic N) is 4. The molecule has 0 aromatic carbocycles. The van der Waals surface area contributed by atoms with Gasteiger partial charge in [0.2, 0.25) is 5.89 Å². The average molecular weight is 332 g/mol. The third-order valence-corrected chi connectivity index (χ3v) is 4.87. The highest BCUT2D eigenvalue weighted by Crippen LogP contribution is 2.21. The molecule has 0 saturated heterocycles. The van der Waals surface area contributed by atoms with E-state index in [0.717, 1.165) is 29.0 Å². The molecule has 7 heteroatoms. The lowest BCUT2D eigenvalue weighted by molar-refractivity contribution is 0.363. The van der Waals surface area contributed by atoms with Crippen LogP contribution in [0, 0.1) is 5.92 Å². The van der Waals surface area contributed by atoms with Crippen molar-refractivity contribution in [1.82, 2.24) is 19.7 Å². The van der Waals surface area contributed by atoms with E-state index in [1.54, 1.807) is 17.7 Å². The molecule has 0 radical (unpaired) electrons. The third kappa shape index (κ3) is 3.50. The monoisotopic (exact) mass is 332 g/mol. The standard InChI is InChI=1S/C16H20N4O2S/c1-4-11-7-12-15(23-11)17-9-20(16(12)21)8-14-18-13(19-22-14)6-5-10(2)3/h7,9-10H,4-6,8H2,1-3H3. The van der Waals surface area contributed by atoms with E-state index in [-0.39, 0.29) is 12.1 Å². The Morgan fingerprint density at radius 3 is 2.96 bits per heavy atom. The molecule has 0 unspecified atom stereocenters. The number of thiophene rings is 1. The molecular formula is C16H20N4O2S. The van der Waals surface area contributed by atoms with Crippen LogP contribution in [0.15, 0.2) is 21.7 Å². The van der Waals surface area contributed by atoms with Gasteiger partial charge in [0.05, 0.1) is 11.7 Å². The highest BCUT2D eigenvalue weighted by molar-refractivity contribution is 7.18. The van der Waals surface area contributed by atoms with Gasteiger partial charge in [0.1, 0.15) is 11.4 Å². The summed E-state index contributed by atoms with van der Waals surface area (Å²) >= 11 is 1.56. The van der Waals surface area contributed by atoms with Crippen molar-refractivity contribution in [2.75, 3.05) is 0 Å². The molecular weight excluding hydrogens is 312 g/mol. The molecule has 0 atom stereocenters. The van der Waals surface area contributed by atoms with Crippen molar-refractivity contribution in [2.45, 2.75) is 46.6 Å². The number of hydrogen-bond donors (Lipinski definition) is 0. The van der Waals surface area contributed by atoms with Crippen molar-refractivity contribution in [2.24, 2.45) is 5.92 Å². The van der Waals surface area contributed by atoms with Crippen molar-refractivity contribution in [3.63, 3.8) is 0 Å². The fraction of sp³-hybridized carbons (Fsp3) is 0.500. The molecule has 23 heavy (non-hydrogen) atoms. The molecule has 3 heterocycles. The maximum atomic E-state index is 12.5. The summed E-state index contributed by atoms with van der Waals surface area (Å²) in [6.07, 6.45) is 4.26. The van der Waals surface area contributed by atoms with E-state index in [2.05, 4.69) is 35.9 Å². The van der Waals surface area contributed by atoms with Gasteiger partial charge in [-0.15, -0.1) is 11.3 Å². The van der Waals surface area contributed by atoms with Gasteiger partial charge in [-0.1, -0.05) is 25.9 Å². The van der Waals surface area contributed by atoms with E-state index in [1.807, 2.05) is 6.07 Å². The predicted molar refractivity (Wildman–Crippen MR) is 89.8 cm³/mol. The Labute approximate surface area is 138 Å². The molecule has 3 rings (SSSR count). The van der Waals surface area contributed by atoms with Crippen molar-refractivity contribution in [3.8, 4) is 0 Å². The van der Waals surface area contributed by atoms with Crippen molar-refractivity contribution < 1.29 is 4.52 Å². The van der Waals surface area contributed by atoms with Crippen LogP contribution in [0.3, 0.4) is 0 Å². The number of aryl methyl sites for hydroxylation is 2. The Bertz CT molecular complexity index is 862. The van der Waals surface area contributed by atoms with Crippen LogP contribution in [-0.2, 0) is 19.4 Å². The lowest BCUT2D eigenvalue weighted by Gasteiger charge is -2.00.